The third kappa shape index (κ3) is 4.11. The van der Waals surface area contributed by atoms with Crippen LogP contribution in [0.5, 0.6) is 0 Å². The fourth-order valence-electron chi connectivity index (χ4n) is 4.15. The van der Waals surface area contributed by atoms with Crippen molar-refractivity contribution in [2.45, 2.75) is 12.2 Å². The van der Waals surface area contributed by atoms with Gasteiger partial charge in [-0.2, -0.15) is 13.2 Å². The molecule has 0 N–H and O–H groups in total. The molecule has 2 aliphatic rings. The molecule has 0 radical (unpaired) electrons. The molecule has 4 heterocycles. The predicted octanol–water partition coefficient (Wildman–Crippen LogP) is 3.80. The van der Waals surface area contributed by atoms with E-state index in [1.54, 1.807) is 15.8 Å². The van der Waals surface area contributed by atoms with E-state index in [0.717, 1.165) is 29.5 Å². The van der Waals surface area contributed by atoms with E-state index in [-0.39, 0.29) is 26.9 Å². The molecule has 0 aliphatic carbocycles. The van der Waals surface area contributed by atoms with Crippen molar-refractivity contribution in [2.75, 3.05) is 39.3 Å². The summed E-state index contributed by atoms with van der Waals surface area (Å²) >= 11 is 2.12. The monoisotopic (exact) mass is 498 g/mol. The topological polar surface area (TPSA) is 56.8 Å². The number of thiophene rings is 1. The molecule has 2 saturated heterocycles. The highest BCUT2D eigenvalue weighted by Crippen LogP contribution is 2.37. The van der Waals surface area contributed by atoms with Crippen LogP contribution in [0.1, 0.15) is 25.7 Å². The van der Waals surface area contributed by atoms with Gasteiger partial charge in [-0.25, -0.2) is 9.37 Å². The van der Waals surface area contributed by atoms with Crippen LogP contribution in [-0.4, -0.2) is 76.8 Å². The molecule has 2 aromatic heterocycles. The lowest BCUT2D eigenvalue weighted by Crippen LogP contribution is -2.64. The van der Waals surface area contributed by atoms with Gasteiger partial charge in [0.05, 0.1) is 11.1 Å². The lowest BCUT2D eigenvalue weighted by atomic mass is 10.1. The molecular formula is C21H18F4N4O2S2. The molecule has 0 saturated carbocycles. The number of fused-ring (bicyclic) bond motifs is 1. The molecule has 0 atom stereocenters. The van der Waals surface area contributed by atoms with Gasteiger partial charge >= 0.3 is 6.18 Å². The summed E-state index contributed by atoms with van der Waals surface area (Å²) in [5.41, 5.74) is 1.20. The summed E-state index contributed by atoms with van der Waals surface area (Å²) in [7, 11) is 0. The Labute approximate surface area is 194 Å². The Morgan fingerprint density at radius 1 is 1.03 bits per heavy atom. The van der Waals surface area contributed by atoms with Gasteiger partial charge in [0.1, 0.15) is 10.6 Å². The number of hydrogen-bond donors (Lipinski definition) is 0. The van der Waals surface area contributed by atoms with E-state index in [4.69, 9.17) is 0 Å². The van der Waals surface area contributed by atoms with Crippen molar-refractivity contribution in [3.63, 3.8) is 0 Å². The van der Waals surface area contributed by atoms with Crippen LogP contribution in [0.3, 0.4) is 0 Å². The summed E-state index contributed by atoms with van der Waals surface area (Å²) in [6, 6.07) is 2.89. The Morgan fingerprint density at radius 3 is 2.39 bits per heavy atom. The van der Waals surface area contributed by atoms with Gasteiger partial charge < -0.3 is 9.80 Å². The lowest BCUT2D eigenvalue weighted by molar-refractivity contribution is -0.137. The summed E-state index contributed by atoms with van der Waals surface area (Å²) in [6.07, 6.45) is -4.53. The van der Waals surface area contributed by atoms with E-state index < -0.39 is 23.5 Å². The van der Waals surface area contributed by atoms with Crippen molar-refractivity contribution >= 4 is 44.6 Å². The fourth-order valence-corrected chi connectivity index (χ4v) is 5.76. The van der Waals surface area contributed by atoms with Crippen LogP contribution < -0.4 is 0 Å². The highest BCUT2D eigenvalue weighted by atomic mass is 32.1. The van der Waals surface area contributed by atoms with Crippen molar-refractivity contribution in [3.8, 4) is 0 Å². The maximum Gasteiger partial charge on any atom is 0.416 e. The molecule has 3 aromatic rings. The summed E-state index contributed by atoms with van der Waals surface area (Å²) < 4.78 is 53.7. The number of carbonyl (C=O) groups is 2. The zero-order chi connectivity index (χ0) is 23.3. The number of thiazole rings is 1. The molecular weight excluding hydrogens is 480 g/mol. The van der Waals surface area contributed by atoms with Gasteiger partial charge in [0.25, 0.3) is 11.8 Å². The number of aromatic nitrogens is 1. The zero-order valence-electron chi connectivity index (χ0n) is 17.1. The molecule has 0 spiro atoms. The third-order valence-electron chi connectivity index (χ3n) is 6.07. The molecule has 0 unspecified atom stereocenters. The smallest absolute Gasteiger partial charge is 0.335 e. The van der Waals surface area contributed by atoms with Crippen molar-refractivity contribution in [1.29, 1.82) is 0 Å². The minimum atomic E-state index is -4.53. The van der Waals surface area contributed by atoms with Crippen molar-refractivity contribution in [1.82, 2.24) is 19.7 Å². The fraction of sp³-hybridized carbons (Fsp3) is 0.381. The highest BCUT2D eigenvalue weighted by molar-refractivity contribution is 7.20. The number of rotatable bonds is 3. The first-order chi connectivity index (χ1) is 15.7. The lowest BCUT2D eigenvalue weighted by Gasteiger charge is -2.47. The minimum absolute atomic E-state index is 0.0225. The molecule has 5 rings (SSSR count). The largest absolute Gasteiger partial charge is 0.416 e. The Bertz CT molecular complexity index is 1200. The van der Waals surface area contributed by atoms with E-state index in [2.05, 4.69) is 9.88 Å². The van der Waals surface area contributed by atoms with Gasteiger partial charge in [-0.1, -0.05) is 0 Å². The van der Waals surface area contributed by atoms with E-state index in [1.165, 1.54) is 16.2 Å². The molecule has 2 amide bonds. The van der Waals surface area contributed by atoms with Gasteiger partial charge in [0.15, 0.2) is 5.82 Å². The van der Waals surface area contributed by atoms with Gasteiger partial charge in [0.2, 0.25) is 0 Å². The average Bonchev–Trinajstić information content (AvgIpc) is 3.40. The van der Waals surface area contributed by atoms with Crippen LogP contribution in [0.4, 0.5) is 17.6 Å². The molecule has 0 bridgehead atoms. The quantitative estimate of drug-likeness (QED) is 0.516. The number of nitrogens with zero attached hydrogens (tertiary/aromatic N) is 4. The van der Waals surface area contributed by atoms with Crippen LogP contribution in [0.15, 0.2) is 29.1 Å². The molecule has 6 nitrogen and oxygen atoms in total. The Hall–Kier alpha value is -2.57. The number of carbonyl (C=O) groups excluding carboxylic acids is 2. The standard InChI is InChI=1S/C21H18F4N4O2S2/c22-17-14-2-1-12(21(23,24)25)7-16(14)33-18(17)20(31)29-8-13(9-29)27-3-5-28(6-4-27)19(30)15-10-32-11-26-15/h1-2,7,10-11,13H,3-6,8-9H2. The predicted molar refractivity (Wildman–Crippen MR) is 116 cm³/mol. The first kappa shape index (κ1) is 22.2. The molecule has 12 heteroatoms. The maximum absolute atomic E-state index is 14.7. The second kappa shape index (κ2) is 8.33. The zero-order valence-corrected chi connectivity index (χ0v) is 18.8. The van der Waals surface area contributed by atoms with Crippen LogP contribution in [0.25, 0.3) is 10.1 Å². The minimum Gasteiger partial charge on any atom is -0.335 e. The molecule has 33 heavy (non-hydrogen) atoms. The first-order valence-corrected chi connectivity index (χ1v) is 12.0. The highest BCUT2D eigenvalue weighted by Gasteiger charge is 2.39. The summed E-state index contributed by atoms with van der Waals surface area (Å²) in [6.45, 7) is 3.29. The summed E-state index contributed by atoms with van der Waals surface area (Å²) in [5, 5.41) is 1.75. The Morgan fingerprint density at radius 2 is 1.76 bits per heavy atom. The third-order valence-corrected chi connectivity index (χ3v) is 7.77. The number of hydrogen-bond acceptors (Lipinski definition) is 6. The Balaban J connectivity index is 1.19. The van der Waals surface area contributed by atoms with E-state index in [0.29, 0.717) is 45.0 Å². The molecule has 2 aliphatic heterocycles. The molecule has 1 aromatic carbocycles. The number of halogens is 4. The molecule has 2 fully saturated rings. The average molecular weight is 499 g/mol. The van der Waals surface area contributed by atoms with E-state index >= 15 is 0 Å². The van der Waals surface area contributed by atoms with Crippen LogP contribution in [0, 0.1) is 5.82 Å². The Kier molecular flexibility index (Phi) is 5.61. The number of likely N-dealkylation sites (tertiary alicyclic amines) is 1. The number of alkyl halides is 3. The van der Waals surface area contributed by atoms with Gasteiger partial charge in [0, 0.05) is 60.8 Å². The second-order valence-electron chi connectivity index (χ2n) is 8.02. The second-order valence-corrected chi connectivity index (χ2v) is 9.79. The SMILES string of the molecule is O=C(c1cscn1)N1CCN(C2CN(C(=O)c3sc4cc(C(F)(F)F)ccc4c3F)C2)CC1. The first-order valence-electron chi connectivity index (χ1n) is 10.2. The van der Waals surface area contributed by atoms with Crippen molar-refractivity contribution in [2.24, 2.45) is 0 Å². The number of piperazine rings is 1. The van der Waals surface area contributed by atoms with Gasteiger partial charge in [-0.05, 0) is 18.2 Å². The van der Waals surface area contributed by atoms with E-state index in [1.807, 2.05) is 0 Å². The van der Waals surface area contributed by atoms with Crippen LogP contribution in [-0.2, 0) is 6.18 Å². The summed E-state index contributed by atoms with van der Waals surface area (Å²) in [4.78, 5) is 34.6. The van der Waals surface area contributed by atoms with E-state index in [9.17, 15) is 27.2 Å². The maximum atomic E-state index is 14.7. The number of amides is 2. The molecule has 174 valence electrons. The van der Waals surface area contributed by atoms with Crippen LogP contribution >= 0.6 is 22.7 Å². The summed E-state index contributed by atoms with van der Waals surface area (Å²) in [5.74, 6) is -1.36. The normalized spacial score (nSPS) is 18.1. The van der Waals surface area contributed by atoms with Crippen LogP contribution in [0.2, 0.25) is 0 Å². The van der Waals surface area contributed by atoms with Crippen molar-refractivity contribution < 1.29 is 27.2 Å². The van der Waals surface area contributed by atoms with Gasteiger partial charge in [-0.15, -0.1) is 22.7 Å². The van der Waals surface area contributed by atoms with Gasteiger partial charge in [-0.3, -0.25) is 14.5 Å². The number of benzene rings is 1. The van der Waals surface area contributed by atoms with Crippen molar-refractivity contribution in [3.05, 3.63) is 51.0 Å².